The molecule has 0 bridgehead atoms. The molecule has 0 saturated heterocycles. The first kappa shape index (κ1) is 11.4. The van der Waals surface area contributed by atoms with Crippen molar-refractivity contribution in [2.75, 3.05) is 26.3 Å². The van der Waals surface area contributed by atoms with Gasteiger partial charge in [0.05, 0.1) is 13.2 Å². The molecule has 0 aliphatic heterocycles. The van der Waals surface area contributed by atoms with Crippen molar-refractivity contribution in [1.82, 2.24) is 5.32 Å². The van der Waals surface area contributed by atoms with E-state index in [-0.39, 0.29) is 0 Å². The number of hydrogen-bond acceptors (Lipinski definition) is 2. The van der Waals surface area contributed by atoms with Crippen LogP contribution in [-0.4, -0.2) is 26.3 Å². The van der Waals surface area contributed by atoms with Gasteiger partial charge in [0, 0.05) is 6.54 Å². The Morgan fingerprint density at radius 3 is 2.92 bits per heavy atom. The summed E-state index contributed by atoms with van der Waals surface area (Å²) in [6.45, 7) is 12.7. The SMILES string of the molecule is C=CCOCC(=C)CNCCC. The van der Waals surface area contributed by atoms with Crippen molar-refractivity contribution >= 4 is 0 Å². The molecule has 0 rings (SSSR count). The van der Waals surface area contributed by atoms with Crippen LogP contribution < -0.4 is 5.32 Å². The van der Waals surface area contributed by atoms with E-state index in [1.165, 1.54) is 0 Å². The molecule has 1 N–H and O–H groups in total. The quantitative estimate of drug-likeness (QED) is 0.441. The second-order valence-electron chi connectivity index (χ2n) is 2.73. The van der Waals surface area contributed by atoms with Crippen LogP contribution in [0.5, 0.6) is 0 Å². The van der Waals surface area contributed by atoms with Gasteiger partial charge in [-0.25, -0.2) is 0 Å². The Hall–Kier alpha value is -0.600. The van der Waals surface area contributed by atoms with Crippen LogP contribution in [-0.2, 0) is 4.74 Å². The first-order chi connectivity index (χ1) is 5.81. The third-order valence-corrected chi connectivity index (χ3v) is 1.34. The number of nitrogens with one attached hydrogen (secondary N) is 1. The average molecular weight is 169 g/mol. The molecule has 0 atom stereocenters. The maximum Gasteiger partial charge on any atom is 0.0690 e. The fourth-order valence-corrected chi connectivity index (χ4v) is 0.780. The minimum atomic E-state index is 0.604. The Labute approximate surface area is 75.3 Å². The zero-order valence-electron chi connectivity index (χ0n) is 7.94. The molecule has 0 aromatic rings. The molecule has 0 radical (unpaired) electrons. The van der Waals surface area contributed by atoms with Crippen LogP contribution in [0.2, 0.25) is 0 Å². The van der Waals surface area contributed by atoms with Crippen molar-refractivity contribution in [3.8, 4) is 0 Å². The van der Waals surface area contributed by atoms with Crippen LogP contribution in [0.15, 0.2) is 24.8 Å². The fourth-order valence-electron chi connectivity index (χ4n) is 0.780. The van der Waals surface area contributed by atoms with Crippen LogP contribution in [0.3, 0.4) is 0 Å². The highest BCUT2D eigenvalue weighted by Crippen LogP contribution is 1.89. The van der Waals surface area contributed by atoms with Crippen molar-refractivity contribution in [3.63, 3.8) is 0 Å². The molecule has 12 heavy (non-hydrogen) atoms. The lowest BCUT2D eigenvalue weighted by Gasteiger charge is -2.06. The zero-order chi connectivity index (χ0) is 9.23. The normalized spacial score (nSPS) is 9.75. The van der Waals surface area contributed by atoms with E-state index in [2.05, 4.69) is 25.4 Å². The third kappa shape index (κ3) is 7.51. The molecule has 0 spiro atoms. The second-order valence-corrected chi connectivity index (χ2v) is 2.73. The molecular weight excluding hydrogens is 150 g/mol. The molecule has 0 unspecified atom stereocenters. The van der Waals surface area contributed by atoms with Gasteiger partial charge in [-0.3, -0.25) is 0 Å². The first-order valence-corrected chi connectivity index (χ1v) is 4.37. The molecule has 0 aliphatic rings. The van der Waals surface area contributed by atoms with Gasteiger partial charge in [0.25, 0.3) is 0 Å². The van der Waals surface area contributed by atoms with Crippen molar-refractivity contribution in [2.24, 2.45) is 0 Å². The van der Waals surface area contributed by atoms with E-state index in [4.69, 9.17) is 4.74 Å². The van der Waals surface area contributed by atoms with Gasteiger partial charge in [-0.15, -0.1) is 6.58 Å². The van der Waals surface area contributed by atoms with E-state index < -0.39 is 0 Å². The van der Waals surface area contributed by atoms with E-state index >= 15 is 0 Å². The molecule has 0 saturated carbocycles. The molecule has 0 fully saturated rings. The van der Waals surface area contributed by atoms with Gasteiger partial charge < -0.3 is 10.1 Å². The Morgan fingerprint density at radius 1 is 1.58 bits per heavy atom. The Kier molecular flexibility index (Phi) is 8.07. The minimum absolute atomic E-state index is 0.604. The number of rotatable bonds is 8. The maximum atomic E-state index is 5.22. The highest BCUT2D eigenvalue weighted by Gasteiger charge is 1.92. The first-order valence-electron chi connectivity index (χ1n) is 4.37. The largest absolute Gasteiger partial charge is 0.373 e. The van der Waals surface area contributed by atoms with Crippen molar-refractivity contribution in [1.29, 1.82) is 0 Å². The van der Waals surface area contributed by atoms with Crippen molar-refractivity contribution < 1.29 is 4.74 Å². The van der Waals surface area contributed by atoms with E-state index in [9.17, 15) is 0 Å². The Balaban J connectivity index is 3.15. The van der Waals surface area contributed by atoms with E-state index in [0.717, 1.165) is 25.1 Å². The van der Waals surface area contributed by atoms with Gasteiger partial charge in [-0.1, -0.05) is 19.6 Å². The molecule has 0 amide bonds. The summed E-state index contributed by atoms with van der Waals surface area (Å²) in [6, 6.07) is 0. The second kappa shape index (κ2) is 8.50. The van der Waals surface area contributed by atoms with Crippen LogP contribution in [0.25, 0.3) is 0 Å². The van der Waals surface area contributed by atoms with Gasteiger partial charge >= 0.3 is 0 Å². The van der Waals surface area contributed by atoms with E-state index in [1.54, 1.807) is 6.08 Å². The summed E-state index contributed by atoms with van der Waals surface area (Å²) in [5.41, 5.74) is 1.09. The van der Waals surface area contributed by atoms with Gasteiger partial charge in [0.1, 0.15) is 0 Å². The molecule has 70 valence electrons. The maximum absolute atomic E-state index is 5.22. The third-order valence-electron chi connectivity index (χ3n) is 1.34. The van der Waals surface area contributed by atoms with Crippen LogP contribution in [0.4, 0.5) is 0 Å². The van der Waals surface area contributed by atoms with Crippen molar-refractivity contribution in [3.05, 3.63) is 24.8 Å². The highest BCUT2D eigenvalue weighted by atomic mass is 16.5. The average Bonchev–Trinajstić information content (AvgIpc) is 2.06. The highest BCUT2D eigenvalue weighted by molar-refractivity contribution is 4.96. The summed E-state index contributed by atoms with van der Waals surface area (Å²) < 4.78 is 5.22. The van der Waals surface area contributed by atoms with Crippen molar-refractivity contribution in [2.45, 2.75) is 13.3 Å². The molecular formula is C10H19NO. The van der Waals surface area contributed by atoms with Gasteiger partial charge in [-0.05, 0) is 18.5 Å². The molecule has 2 heteroatoms. The molecule has 0 aromatic carbocycles. The summed E-state index contributed by atoms with van der Waals surface area (Å²) >= 11 is 0. The lowest BCUT2D eigenvalue weighted by molar-refractivity contribution is 0.185. The van der Waals surface area contributed by atoms with Crippen LogP contribution in [0, 0.1) is 0 Å². The standard InChI is InChI=1S/C10H19NO/c1-4-6-11-8-10(3)9-12-7-5-2/h5,11H,2-4,6-9H2,1H3. The monoisotopic (exact) mass is 169 g/mol. The molecule has 0 heterocycles. The summed E-state index contributed by atoms with van der Waals surface area (Å²) in [5.74, 6) is 0. The smallest absolute Gasteiger partial charge is 0.0690 e. The van der Waals surface area contributed by atoms with Gasteiger partial charge in [0.15, 0.2) is 0 Å². The predicted molar refractivity (Wildman–Crippen MR) is 53.3 cm³/mol. The lowest BCUT2D eigenvalue weighted by atomic mass is 10.3. The Bertz CT molecular complexity index is 132. The van der Waals surface area contributed by atoms with E-state index in [1.807, 2.05) is 0 Å². The summed E-state index contributed by atoms with van der Waals surface area (Å²) in [4.78, 5) is 0. The number of hydrogen-bond donors (Lipinski definition) is 1. The molecule has 0 aromatic heterocycles. The van der Waals surface area contributed by atoms with Gasteiger partial charge in [0.2, 0.25) is 0 Å². The van der Waals surface area contributed by atoms with E-state index in [0.29, 0.717) is 13.2 Å². The molecule has 0 aliphatic carbocycles. The topological polar surface area (TPSA) is 21.3 Å². The minimum Gasteiger partial charge on any atom is -0.373 e. The summed E-state index contributed by atoms with van der Waals surface area (Å²) in [5, 5.41) is 3.26. The van der Waals surface area contributed by atoms with Crippen LogP contribution in [0.1, 0.15) is 13.3 Å². The lowest BCUT2D eigenvalue weighted by Crippen LogP contribution is -2.19. The summed E-state index contributed by atoms with van der Waals surface area (Å²) in [7, 11) is 0. The summed E-state index contributed by atoms with van der Waals surface area (Å²) in [6.07, 6.45) is 2.90. The zero-order valence-corrected chi connectivity index (χ0v) is 7.94. The van der Waals surface area contributed by atoms with Crippen LogP contribution >= 0.6 is 0 Å². The Morgan fingerprint density at radius 2 is 2.33 bits per heavy atom. The predicted octanol–water partition coefficient (Wildman–Crippen LogP) is 1.74. The number of ether oxygens (including phenoxy) is 1. The molecule has 2 nitrogen and oxygen atoms in total. The fraction of sp³-hybridized carbons (Fsp3) is 0.600. The van der Waals surface area contributed by atoms with Gasteiger partial charge in [-0.2, -0.15) is 0 Å².